The summed E-state index contributed by atoms with van der Waals surface area (Å²) in [5, 5.41) is 3.36. The van der Waals surface area contributed by atoms with Crippen molar-refractivity contribution in [2.75, 3.05) is 32.5 Å². The predicted molar refractivity (Wildman–Crippen MR) is 91.6 cm³/mol. The number of ether oxygens (including phenoxy) is 1. The number of benzene rings is 1. The van der Waals surface area contributed by atoms with E-state index < -0.39 is 0 Å². The SMILES string of the molecule is CCCN(C(=O)CSc1cccc(OC)c1)C1CCNCC1. The van der Waals surface area contributed by atoms with Gasteiger partial charge in [-0.15, -0.1) is 11.8 Å². The normalized spacial score (nSPS) is 15.5. The van der Waals surface area contributed by atoms with Crippen LogP contribution in [-0.4, -0.2) is 49.3 Å². The number of nitrogens with one attached hydrogen (secondary N) is 1. The molecule has 1 N–H and O–H groups in total. The number of carbonyl (C=O) groups is 1. The number of nitrogens with zero attached hydrogens (tertiary/aromatic N) is 1. The third-order valence-corrected chi connectivity index (χ3v) is 4.92. The van der Waals surface area contributed by atoms with Gasteiger partial charge in [-0.3, -0.25) is 4.79 Å². The Bertz CT molecular complexity index is 475. The number of thioether (sulfide) groups is 1. The molecule has 1 aliphatic heterocycles. The van der Waals surface area contributed by atoms with E-state index in [4.69, 9.17) is 4.74 Å². The van der Waals surface area contributed by atoms with Crippen LogP contribution in [0.1, 0.15) is 26.2 Å². The number of hydrogen-bond acceptors (Lipinski definition) is 4. The number of methoxy groups -OCH3 is 1. The summed E-state index contributed by atoms with van der Waals surface area (Å²) in [5.74, 6) is 1.58. The Labute approximate surface area is 137 Å². The van der Waals surface area contributed by atoms with Crippen LogP contribution in [-0.2, 0) is 4.79 Å². The van der Waals surface area contributed by atoms with Gasteiger partial charge in [0, 0.05) is 17.5 Å². The molecule has 0 radical (unpaired) electrons. The van der Waals surface area contributed by atoms with E-state index in [-0.39, 0.29) is 5.91 Å². The number of carbonyl (C=O) groups excluding carboxylic acids is 1. The van der Waals surface area contributed by atoms with Gasteiger partial charge in [0.25, 0.3) is 0 Å². The van der Waals surface area contributed by atoms with Gasteiger partial charge in [-0.1, -0.05) is 13.0 Å². The second-order valence-electron chi connectivity index (χ2n) is 5.54. The Morgan fingerprint density at radius 2 is 2.18 bits per heavy atom. The molecule has 122 valence electrons. The predicted octanol–water partition coefficient (Wildman–Crippen LogP) is 2.78. The zero-order valence-corrected chi connectivity index (χ0v) is 14.3. The molecule has 0 bridgehead atoms. The highest BCUT2D eigenvalue weighted by atomic mass is 32.2. The van der Waals surface area contributed by atoms with E-state index in [9.17, 15) is 4.79 Å². The van der Waals surface area contributed by atoms with Crippen molar-refractivity contribution in [3.8, 4) is 5.75 Å². The van der Waals surface area contributed by atoms with Crippen LogP contribution in [0.2, 0.25) is 0 Å². The van der Waals surface area contributed by atoms with Gasteiger partial charge in [0.05, 0.1) is 12.9 Å². The third-order valence-electron chi connectivity index (χ3n) is 3.94. The molecule has 1 amide bonds. The number of piperidine rings is 1. The van der Waals surface area contributed by atoms with Gasteiger partial charge in [0.15, 0.2) is 0 Å². The number of amides is 1. The summed E-state index contributed by atoms with van der Waals surface area (Å²) < 4.78 is 5.23. The quantitative estimate of drug-likeness (QED) is 0.784. The van der Waals surface area contributed by atoms with Crippen molar-refractivity contribution in [2.24, 2.45) is 0 Å². The van der Waals surface area contributed by atoms with Crippen LogP contribution in [0.15, 0.2) is 29.2 Å². The standard InChI is InChI=1S/C17H26N2O2S/c1-3-11-19(14-7-9-18-10-8-14)17(20)13-22-16-6-4-5-15(12-16)21-2/h4-6,12,14,18H,3,7-11,13H2,1-2H3. The summed E-state index contributed by atoms with van der Waals surface area (Å²) >= 11 is 1.59. The molecule has 1 aliphatic rings. The van der Waals surface area contributed by atoms with Crippen LogP contribution in [0.5, 0.6) is 5.75 Å². The van der Waals surface area contributed by atoms with Crippen molar-refractivity contribution < 1.29 is 9.53 Å². The van der Waals surface area contributed by atoms with Gasteiger partial charge in [-0.2, -0.15) is 0 Å². The molecule has 0 atom stereocenters. The van der Waals surface area contributed by atoms with E-state index in [1.54, 1.807) is 18.9 Å². The van der Waals surface area contributed by atoms with E-state index in [1.807, 2.05) is 24.3 Å². The number of hydrogen-bond donors (Lipinski definition) is 1. The van der Waals surface area contributed by atoms with Crippen molar-refractivity contribution in [1.29, 1.82) is 0 Å². The summed E-state index contributed by atoms with van der Waals surface area (Å²) in [7, 11) is 1.66. The molecular formula is C17H26N2O2S. The van der Waals surface area contributed by atoms with Crippen LogP contribution >= 0.6 is 11.8 Å². The fraction of sp³-hybridized carbons (Fsp3) is 0.588. The molecule has 1 fully saturated rings. The zero-order chi connectivity index (χ0) is 15.8. The molecular weight excluding hydrogens is 296 g/mol. The Kier molecular flexibility index (Phi) is 7.06. The van der Waals surface area contributed by atoms with Crippen LogP contribution in [0.4, 0.5) is 0 Å². The van der Waals surface area contributed by atoms with Crippen LogP contribution in [0, 0.1) is 0 Å². The maximum Gasteiger partial charge on any atom is 0.233 e. The Morgan fingerprint density at radius 3 is 2.86 bits per heavy atom. The fourth-order valence-electron chi connectivity index (χ4n) is 2.79. The lowest BCUT2D eigenvalue weighted by Crippen LogP contribution is -2.47. The first-order valence-electron chi connectivity index (χ1n) is 8.01. The lowest BCUT2D eigenvalue weighted by molar-refractivity contribution is -0.131. The van der Waals surface area contributed by atoms with Gasteiger partial charge in [-0.25, -0.2) is 0 Å². The first kappa shape index (κ1) is 17.2. The first-order valence-corrected chi connectivity index (χ1v) is 9.00. The van der Waals surface area contributed by atoms with Crippen LogP contribution in [0.3, 0.4) is 0 Å². The van der Waals surface area contributed by atoms with Crippen LogP contribution < -0.4 is 10.1 Å². The summed E-state index contributed by atoms with van der Waals surface area (Å²) in [5.41, 5.74) is 0. The van der Waals surface area contributed by atoms with Gasteiger partial charge >= 0.3 is 0 Å². The minimum Gasteiger partial charge on any atom is -0.497 e. The summed E-state index contributed by atoms with van der Waals surface area (Å²) in [6, 6.07) is 8.29. The molecule has 0 spiro atoms. The zero-order valence-electron chi connectivity index (χ0n) is 13.5. The van der Waals surface area contributed by atoms with Gasteiger partial charge in [0.2, 0.25) is 5.91 Å². The lowest BCUT2D eigenvalue weighted by atomic mass is 10.0. The molecule has 2 rings (SSSR count). The average Bonchev–Trinajstić information content (AvgIpc) is 2.58. The maximum absolute atomic E-state index is 12.6. The highest BCUT2D eigenvalue weighted by molar-refractivity contribution is 8.00. The van der Waals surface area contributed by atoms with E-state index in [0.717, 1.165) is 49.5 Å². The smallest absolute Gasteiger partial charge is 0.233 e. The van der Waals surface area contributed by atoms with Crippen molar-refractivity contribution in [3.63, 3.8) is 0 Å². The summed E-state index contributed by atoms with van der Waals surface area (Å²) in [6.45, 7) is 5.03. The van der Waals surface area contributed by atoms with Gasteiger partial charge < -0.3 is 15.0 Å². The molecule has 1 aromatic carbocycles. The molecule has 5 heteroatoms. The first-order chi connectivity index (χ1) is 10.7. The Morgan fingerprint density at radius 1 is 1.41 bits per heavy atom. The summed E-state index contributed by atoms with van der Waals surface area (Å²) in [4.78, 5) is 15.8. The second kappa shape index (κ2) is 9.06. The molecule has 22 heavy (non-hydrogen) atoms. The van der Waals surface area contributed by atoms with E-state index in [1.165, 1.54) is 0 Å². The average molecular weight is 322 g/mol. The number of rotatable bonds is 7. The monoisotopic (exact) mass is 322 g/mol. The van der Waals surface area contributed by atoms with E-state index in [2.05, 4.69) is 17.1 Å². The molecule has 4 nitrogen and oxygen atoms in total. The van der Waals surface area contributed by atoms with Gasteiger partial charge in [-0.05, 0) is 50.6 Å². The van der Waals surface area contributed by atoms with E-state index in [0.29, 0.717) is 11.8 Å². The van der Waals surface area contributed by atoms with Crippen molar-refractivity contribution in [2.45, 2.75) is 37.1 Å². The fourth-order valence-corrected chi connectivity index (χ4v) is 3.62. The highest BCUT2D eigenvalue weighted by Gasteiger charge is 2.24. The summed E-state index contributed by atoms with van der Waals surface area (Å²) in [6.07, 6.45) is 3.14. The minimum absolute atomic E-state index is 0.251. The molecule has 0 saturated carbocycles. The lowest BCUT2D eigenvalue weighted by Gasteiger charge is -2.34. The topological polar surface area (TPSA) is 41.6 Å². The molecule has 0 aromatic heterocycles. The maximum atomic E-state index is 12.6. The molecule has 1 aromatic rings. The molecule has 0 aliphatic carbocycles. The van der Waals surface area contributed by atoms with E-state index >= 15 is 0 Å². The van der Waals surface area contributed by atoms with Crippen molar-refractivity contribution >= 4 is 17.7 Å². The Hall–Kier alpha value is -1.20. The van der Waals surface area contributed by atoms with Crippen LogP contribution in [0.25, 0.3) is 0 Å². The molecule has 1 saturated heterocycles. The van der Waals surface area contributed by atoms with Crippen molar-refractivity contribution in [1.82, 2.24) is 10.2 Å². The Balaban J connectivity index is 1.92. The third kappa shape index (κ3) is 4.92. The molecule has 0 unspecified atom stereocenters. The van der Waals surface area contributed by atoms with Crippen molar-refractivity contribution in [3.05, 3.63) is 24.3 Å². The second-order valence-corrected chi connectivity index (χ2v) is 6.58. The van der Waals surface area contributed by atoms with Gasteiger partial charge in [0.1, 0.15) is 5.75 Å². The minimum atomic E-state index is 0.251. The highest BCUT2D eigenvalue weighted by Crippen LogP contribution is 2.24. The molecule has 1 heterocycles. The largest absolute Gasteiger partial charge is 0.497 e.